The molecule has 1 saturated heterocycles. The number of guanidine groups is 1. The van der Waals surface area contributed by atoms with Gasteiger partial charge in [0.2, 0.25) is 17.7 Å². The van der Waals surface area contributed by atoms with Crippen LogP contribution in [-0.2, 0) is 19.2 Å². The number of hydrogen-bond donors (Lipinski definition) is 6. The van der Waals surface area contributed by atoms with E-state index in [1.807, 2.05) is 0 Å². The maximum absolute atomic E-state index is 13.1. The van der Waals surface area contributed by atoms with E-state index in [0.29, 0.717) is 38.8 Å². The van der Waals surface area contributed by atoms with Crippen LogP contribution in [0.5, 0.6) is 0 Å². The summed E-state index contributed by atoms with van der Waals surface area (Å²) >= 11 is 0. The van der Waals surface area contributed by atoms with E-state index in [2.05, 4.69) is 15.6 Å². The van der Waals surface area contributed by atoms with Crippen molar-refractivity contribution in [3.8, 4) is 0 Å². The molecule has 4 unspecified atom stereocenters. The molecule has 0 aliphatic carbocycles. The molecule has 0 saturated carbocycles. The summed E-state index contributed by atoms with van der Waals surface area (Å²) in [4.78, 5) is 54.4. The molecule has 0 aromatic rings. The molecule has 176 valence electrons. The molecule has 1 aliphatic rings. The molecule has 0 bridgehead atoms. The molecule has 0 radical (unpaired) electrons. The molecule has 0 spiro atoms. The van der Waals surface area contributed by atoms with Crippen LogP contribution in [0.4, 0.5) is 0 Å². The van der Waals surface area contributed by atoms with Gasteiger partial charge in [0, 0.05) is 13.1 Å². The molecule has 1 heterocycles. The van der Waals surface area contributed by atoms with Crippen molar-refractivity contribution in [2.75, 3.05) is 13.1 Å². The van der Waals surface area contributed by atoms with Gasteiger partial charge in [-0.3, -0.25) is 24.2 Å². The summed E-state index contributed by atoms with van der Waals surface area (Å²) < 4.78 is 0. The number of aliphatic imine (C=N–C) groups is 1. The number of amides is 3. The zero-order chi connectivity index (χ0) is 23.7. The van der Waals surface area contributed by atoms with Gasteiger partial charge in [0.25, 0.3) is 0 Å². The summed E-state index contributed by atoms with van der Waals surface area (Å²) in [5.74, 6) is -2.83. The van der Waals surface area contributed by atoms with E-state index in [-0.39, 0.29) is 11.9 Å². The van der Waals surface area contributed by atoms with Gasteiger partial charge in [-0.25, -0.2) is 0 Å². The van der Waals surface area contributed by atoms with Crippen LogP contribution in [0.15, 0.2) is 4.99 Å². The molecule has 1 aliphatic heterocycles. The van der Waals surface area contributed by atoms with Crippen LogP contribution in [0.1, 0.15) is 46.5 Å². The molecule has 3 amide bonds. The summed E-state index contributed by atoms with van der Waals surface area (Å²) in [5, 5.41) is 14.1. The number of hydrogen-bond acceptors (Lipinski definition) is 6. The lowest BCUT2D eigenvalue weighted by atomic mass is 10.0. The predicted octanol–water partition coefficient (Wildman–Crippen LogP) is -1.91. The van der Waals surface area contributed by atoms with Gasteiger partial charge >= 0.3 is 5.97 Å². The first-order valence-electron chi connectivity index (χ1n) is 10.4. The summed E-state index contributed by atoms with van der Waals surface area (Å²) in [6, 6.07) is -3.54. The van der Waals surface area contributed by atoms with Crippen molar-refractivity contribution < 1.29 is 24.3 Å². The Labute approximate surface area is 182 Å². The van der Waals surface area contributed by atoms with E-state index in [1.54, 1.807) is 13.8 Å². The van der Waals surface area contributed by atoms with Crippen molar-refractivity contribution in [2.45, 2.75) is 70.6 Å². The van der Waals surface area contributed by atoms with Gasteiger partial charge < -0.3 is 37.8 Å². The largest absolute Gasteiger partial charge is 0.480 e. The highest BCUT2D eigenvalue weighted by Gasteiger charge is 2.39. The van der Waals surface area contributed by atoms with E-state index < -0.39 is 47.9 Å². The first-order valence-corrected chi connectivity index (χ1v) is 10.4. The Balaban J connectivity index is 2.77. The van der Waals surface area contributed by atoms with Crippen molar-refractivity contribution in [1.82, 2.24) is 15.5 Å². The van der Waals surface area contributed by atoms with Crippen LogP contribution in [0, 0.1) is 5.92 Å². The molecule has 31 heavy (non-hydrogen) atoms. The molecule has 0 aromatic carbocycles. The van der Waals surface area contributed by atoms with Crippen LogP contribution >= 0.6 is 0 Å². The Morgan fingerprint density at radius 2 is 1.81 bits per heavy atom. The number of carbonyl (C=O) groups is 4. The normalized spacial score (nSPS) is 18.7. The second-order valence-electron chi connectivity index (χ2n) is 8.04. The maximum Gasteiger partial charge on any atom is 0.325 e. The predicted molar refractivity (Wildman–Crippen MR) is 115 cm³/mol. The SMILES string of the molecule is CC(NC(=O)C1CCCN1C(=O)C(NC(=O)C(N)CCCN=C(N)N)C(C)C)C(=O)O. The van der Waals surface area contributed by atoms with Crippen LogP contribution in [0.2, 0.25) is 0 Å². The summed E-state index contributed by atoms with van der Waals surface area (Å²) in [7, 11) is 0. The van der Waals surface area contributed by atoms with Gasteiger partial charge in [-0.05, 0) is 38.5 Å². The van der Waals surface area contributed by atoms with E-state index in [1.165, 1.54) is 11.8 Å². The van der Waals surface area contributed by atoms with Crippen molar-refractivity contribution in [1.29, 1.82) is 0 Å². The molecule has 1 rings (SSSR count). The Morgan fingerprint density at radius 1 is 1.16 bits per heavy atom. The molecule has 12 heteroatoms. The second-order valence-corrected chi connectivity index (χ2v) is 8.04. The second kappa shape index (κ2) is 12.1. The van der Waals surface area contributed by atoms with Crippen LogP contribution < -0.4 is 27.8 Å². The number of carboxylic acid groups (broad SMARTS) is 1. The molecular weight excluding hydrogens is 406 g/mol. The summed E-state index contributed by atoms with van der Waals surface area (Å²) in [5.41, 5.74) is 16.4. The monoisotopic (exact) mass is 441 g/mol. The van der Waals surface area contributed by atoms with E-state index >= 15 is 0 Å². The third-order valence-corrected chi connectivity index (χ3v) is 5.10. The number of nitrogens with two attached hydrogens (primary N) is 3. The Morgan fingerprint density at radius 3 is 2.35 bits per heavy atom. The fourth-order valence-corrected chi connectivity index (χ4v) is 3.28. The van der Waals surface area contributed by atoms with Gasteiger partial charge in [-0.15, -0.1) is 0 Å². The molecule has 9 N–H and O–H groups in total. The van der Waals surface area contributed by atoms with Crippen molar-refractivity contribution in [3.63, 3.8) is 0 Å². The highest BCUT2D eigenvalue weighted by Crippen LogP contribution is 2.20. The van der Waals surface area contributed by atoms with E-state index in [9.17, 15) is 19.2 Å². The smallest absolute Gasteiger partial charge is 0.325 e. The quantitative estimate of drug-likeness (QED) is 0.121. The Bertz CT molecular complexity index is 693. The number of rotatable bonds is 11. The minimum atomic E-state index is -1.16. The van der Waals surface area contributed by atoms with Gasteiger partial charge in [-0.1, -0.05) is 13.8 Å². The minimum Gasteiger partial charge on any atom is -0.480 e. The highest BCUT2D eigenvalue weighted by atomic mass is 16.4. The molecule has 12 nitrogen and oxygen atoms in total. The topological polar surface area (TPSA) is 206 Å². The average molecular weight is 442 g/mol. The Kier molecular flexibility index (Phi) is 10.2. The van der Waals surface area contributed by atoms with Gasteiger partial charge in [0.05, 0.1) is 6.04 Å². The third kappa shape index (κ3) is 8.04. The van der Waals surface area contributed by atoms with E-state index in [4.69, 9.17) is 22.3 Å². The highest BCUT2D eigenvalue weighted by molar-refractivity contribution is 5.94. The zero-order valence-corrected chi connectivity index (χ0v) is 18.3. The molecule has 0 aromatic heterocycles. The fraction of sp³-hybridized carbons (Fsp3) is 0.737. The summed E-state index contributed by atoms with van der Waals surface area (Å²) in [6.45, 7) is 5.61. The molecule has 4 atom stereocenters. The first-order chi connectivity index (χ1) is 14.5. The lowest BCUT2D eigenvalue weighted by Crippen LogP contribution is -2.58. The summed E-state index contributed by atoms with van der Waals surface area (Å²) in [6.07, 6.45) is 1.87. The zero-order valence-electron chi connectivity index (χ0n) is 18.3. The van der Waals surface area contributed by atoms with Crippen molar-refractivity contribution in [2.24, 2.45) is 28.1 Å². The maximum atomic E-state index is 13.1. The number of aliphatic carboxylic acids is 1. The number of nitrogens with one attached hydrogen (secondary N) is 2. The van der Waals surface area contributed by atoms with Crippen LogP contribution in [0.25, 0.3) is 0 Å². The van der Waals surface area contributed by atoms with Crippen molar-refractivity contribution >= 4 is 29.7 Å². The van der Waals surface area contributed by atoms with Gasteiger partial charge in [0.15, 0.2) is 5.96 Å². The van der Waals surface area contributed by atoms with Crippen LogP contribution in [0.3, 0.4) is 0 Å². The van der Waals surface area contributed by atoms with Crippen molar-refractivity contribution in [3.05, 3.63) is 0 Å². The molecular formula is C19H35N7O5. The fourth-order valence-electron chi connectivity index (χ4n) is 3.28. The number of carbonyl (C=O) groups excluding carboxylic acids is 3. The van der Waals surface area contributed by atoms with Crippen LogP contribution in [-0.4, -0.2) is 76.9 Å². The number of nitrogens with zero attached hydrogens (tertiary/aromatic N) is 2. The Hall–Kier alpha value is -2.89. The average Bonchev–Trinajstić information content (AvgIpc) is 3.17. The number of likely N-dealkylation sites (tertiary alicyclic amines) is 1. The first kappa shape index (κ1) is 26.1. The standard InChI is InChI=1S/C19H35N7O5/c1-10(2)14(25-15(27)12(20)6-4-8-23-19(21)22)17(29)26-9-5-7-13(26)16(28)24-11(3)18(30)31/h10-14H,4-9,20H2,1-3H3,(H,24,28)(H,25,27)(H,30,31)(H4,21,22,23). The molecule has 1 fully saturated rings. The van der Waals surface area contributed by atoms with E-state index in [0.717, 1.165) is 0 Å². The lowest BCUT2D eigenvalue weighted by Gasteiger charge is -2.31. The minimum absolute atomic E-state index is 0.0366. The third-order valence-electron chi connectivity index (χ3n) is 5.10. The van der Waals surface area contributed by atoms with Gasteiger partial charge in [0.1, 0.15) is 18.1 Å². The lowest BCUT2D eigenvalue weighted by molar-refractivity contribution is -0.145. The number of carboxylic acids is 1. The van der Waals surface area contributed by atoms with Gasteiger partial charge in [-0.2, -0.15) is 0 Å².